The highest BCUT2D eigenvalue weighted by molar-refractivity contribution is 9.10. The first-order valence-corrected chi connectivity index (χ1v) is 5.77. The maximum absolute atomic E-state index is 11.1. The number of aliphatic carboxylic acids is 1. The van der Waals surface area contributed by atoms with Crippen molar-refractivity contribution in [2.75, 3.05) is 0 Å². The predicted octanol–water partition coefficient (Wildman–Crippen LogP) is 3.25. The number of hydrogen-bond acceptors (Lipinski definition) is 1. The van der Waals surface area contributed by atoms with Crippen LogP contribution in [0.2, 0.25) is 0 Å². The second-order valence-electron chi connectivity index (χ2n) is 3.76. The topological polar surface area (TPSA) is 37.3 Å². The number of hydrogen-bond donors (Lipinski definition) is 1. The van der Waals surface area contributed by atoms with Gasteiger partial charge in [-0.2, -0.15) is 0 Å². The molecule has 0 fully saturated rings. The Hall–Kier alpha value is -1.35. The lowest BCUT2D eigenvalue weighted by Crippen LogP contribution is -2.30. The number of carboxylic acid groups (broad SMARTS) is 1. The van der Waals surface area contributed by atoms with E-state index in [1.54, 1.807) is 12.2 Å². The van der Waals surface area contributed by atoms with Crippen LogP contribution in [0, 0.1) is 0 Å². The summed E-state index contributed by atoms with van der Waals surface area (Å²) in [5, 5.41) is 9.14. The average molecular weight is 279 g/mol. The lowest BCUT2D eigenvalue weighted by molar-refractivity contribution is -0.138. The van der Waals surface area contributed by atoms with Crippen LogP contribution in [0.15, 0.2) is 48.6 Å². The van der Waals surface area contributed by atoms with Gasteiger partial charge in [-0.1, -0.05) is 64.5 Å². The summed E-state index contributed by atoms with van der Waals surface area (Å²) in [6.45, 7) is 0. The zero-order valence-corrected chi connectivity index (χ0v) is 10.1. The number of benzene rings is 1. The molecule has 0 saturated heterocycles. The van der Waals surface area contributed by atoms with Crippen molar-refractivity contribution >= 4 is 27.5 Å². The van der Waals surface area contributed by atoms with Gasteiger partial charge in [0.1, 0.15) is 4.32 Å². The highest BCUT2D eigenvalue weighted by Gasteiger charge is 2.35. The minimum absolute atomic E-state index is 0.461. The van der Waals surface area contributed by atoms with E-state index in [1.807, 2.05) is 36.4 Å². The number of rotatable bonds is 2. The van der Waals surface area contributed by atoms with Gasteiger partial charge in [0.25, 0.3) is 0 Å². The molecule has 0 aliphatic heterocycles. The Morgan fingerprint density at radius 3 is 2.62 bits per heavy atom. The zero-order valence-electron chi connectivity index (χ0n) is 8.56. The van der Waals surface area contributed by atoms with Crippen LogP contribution in [0.5, 0.6) is 0 Å². The van der Waals surface area contributed by atoms with Gasteiger partial charge in [-0.15, -0.1) is 0 Å². The number of carboxylic acids is 1. The number of carbonyl (C=O) groups is 1. The lowest BCUT2D eigenvalue weighted by Gasteiger charge is -2.23. The molecular formula is C13H11BrO2. The first-order chi connectivity index (χ1) is 7.62. The molecule has 0 amide bonds. The largest absolute Gasteiger partial charge is 0.480 e. The molecule has 0 spiro atoms. The van der Waals surface area contributed by atoms with E-state index in [1.165, 1.54) is 0 Å². The number of halogens is 1. The van der Waals surface area contributed by atoms with Gasteiger partial charge < -0.3 is 5.11 Å². The van der Waals surface area contributed by atoms with Crippen molar-refractivity contribution in [3.05, 3.63) is 54.1 Å². The molecule has 82 valence electrons. The Kier molecular flexibility index (Phi) is 2.97. The Labute approximate surface area is 102 Å². The third-order valence-electron chi connectivity index (χ3n) is 2.61. The summed E-state index contributed by atoms with van der Waals surface area (Å²) in [6.07, 6.45) is 5.87. The lowest BCUT2D eigenvalue weighted by atomic mass is 9.90. The molecule has 1 aliphatic carbocycles. The van der Waals surface area contributed by atoms with E-state index in [9.17, 15) is 4.79 Å². The molecule has 0 saturated carbocycles. The molecule has 2 nitrogen and oxygen atoms in total. The van der Waals surface area contributed by atoms with Crippen LogP contribution < -0.4 is 0 Å². The van der Waals surface area contributed by atoms with Crippen molar-refractivity contribution < 1.29 is 9.90 Å². The molecule has 1 aromatic rings. The van der Waals surface area contributed by atoms with Gasteiger partial charge in [-0.25, -0.2) is 0 Å². The summed E-state index contributed by atoms with van der Waals surface area (Å²) in [5.74, 6) is -0.856. The molecule has 16 heavy (non-hydrogen) atoms. The molecule has 0 bridgehead atoms. The average Bonchev–Trinajstić information content (AvgIpc) is 2.30. The molecule has 3 heteroatoms. The molecule has 1 aromatic carbocycles. The van der Waals surface area contributed by atoms with Crippen LogP contribution in [0.4, 0.5) is 0 Å². The Balaban J connectivity index is 2.31. The number of allylic oxidation sites excluding steroid dienone is 3. The molecule has 0 heterocycles. The maximum Gasteiger partial charge on any atom is 0.324 e. The molecular weight excluding hydrogens is 268 g/mol. The summed E-state index contributed by atoms with van der Waals surface area (Å²) in [7, 11) is 0. The normalized spacial score (nSPS) is 23.9. The third kappa shape index (κ3) is 2.09. The standard InChI is InChI=1S/C13H11BrO2/c14-13(12(15)16)8-4-7-11(9-13)10-5-2-1-3-6-10/h1-8H,9H2,(H,15,16). The quantitative estimate of drug-likeness (QED) is 0.844. The monoisotopic (exact) mass is 278 g/mol. The molecule has 2 rings (SSSR count). The van der Waals surface area contributed by atoms with Gasteiger partial charge in [0.2, 0.25) is 0 Å². The first-order valence-electron chi connectivity index (χ1n) is 4.98. The van der Waals surface area contributed by atoms with Crippen LogP contribution in [-0.4, -0.2) is 15.4 Å². The predicted molar refractivity (Wildman–Crippen MR) is 67.5 cm³/mol. The van der Waals surface area contributed by atoms with Crippen molar-refractivity contribution in [1.82, 2.24) is 0 Å². The maximum atomic E-state index is 11.1. The highest BCUT2D eigenvalue weighted by Crippen LogP contribution is 2.36. The van der Waals surface area contributed by atoms with Gasteiger partial charge in [0.05, 0.1) is 0 Å². The minimum Gasteiger partial charge on any atom is -0.480 e. The summed E-state index contributed by atoms with van der Waals surface area (Å²) < 4.78 is -0.965. The smallest absolute Gasteiger partial charge is 0.324 e. The van der Waals surface area contributed by atoms with E-state index in [4.69, 9.17) is 5.11 Å². The second-order valence-corrected chi connectivity index (χ2v) is 5.18. The van der Waals surface area contributed by atoms with E-state index in [2.05, 4.69) is 15.9 Å². The van der Waals surface area contributed by atoms with Gasteiger partial charge in [-0.05, 0) is 11.1 Å². The highest BCUT2D eigenvalue weighted by atomic mass is 79.9. The zero-order chi connectivity index (χ0) is 11.6. The van der Waals surface area contributed by atoms with E-state index in [0.29, 0.717) is 6.42 Å². The van der Waals surface area contributed by atoms with E-state index < -0.39 is 10.3 Å². The molecule has 1 aliphatic rings. The number of alkyl halides is 1. The van der Waals surface area contributed by atoms with Crippen molar-refractivity contribution in [3.63, 3.8) is 0 Å². The summed E-state index contributed by atoms with van der Waals surface area (Å²) in [6, 6.07) is 9.82. The SMILES string of the molecule is O=C(O)C1(Br)C=CC=C(c2ccccc2)C1. The van der Waals surface area contributed by atoms with Crippen LogP contribution in [0.25, 0.3) is 5.57 Å². The third-order valence-corrected chi connectivity index (χ3v) is 3.49. The van der Waals surface area contributed by atoms with Gasteiger partial charge in [0.15, 0.2) is 0 Å². The van der Waals surface area contributed by atoms with Crippen molar-refractivity contribution in [1.29, 1.82) is 0 Å². The Morgan fingerprint density at radius 2 is 2.00 bits per heavy atom. The van der Waals surface area contributed by atoms with Crippen molar-refractivity contribution in [3.8, 4) is 0 Å². The van der Waals surface area contributed by atoms with Crippen LogP contribution in [0.1, 0.15) is 12.0 Å². The molecule has 1 atom stereocenters. The summed E-state index contributed by atoms with van der Waals surface area (Å²) >= 11 is 3.27. The van der Waals surface area contributed by atoms with Gasteiger partial charge >= 0.3 is 5.97 Å². The first kappa shape index (κ1) is 11.1. The van der Waals surface area contributed by atoms with Gasteiger partial charge in [-0.3, -0.25) is 4.79 Å². The fourth-order valence-electron chi connectivity index (χ4n) is 1.71. The Bertz CT molecular complexity index is 462. The van der Waals surface area contributed by atoms with Crippen molar-refractivity contribution in [2.45, 2.75) is 10.7 Å². The van der Waals surface area contributed by atoms with Gasteiger partial charge in [0, 0.05) is 6.42 Å². The molecule has 1 unspecified atom stereocenters. The summed E-state index contributed by atoms with van der Waals surface area (Å²) in [5.41, 5.74) is 2.10. The van der Waals surface area contributed by atoms with Crippen LogP contribution >= 0.6 is 15.9 Å². The van der Waals surface area contributed by atoms with Crippen molar-refractivity contribution in [2.24, 2.45) is 0 Å². The van der Waals surface area contributed by atoms with E-state index in [0.717, 1.165) is 11.1 Å². The second kappa shape index (κ2) is 4.26. The Morgan fingerprint density at radius 1 is 1.31 bits per heavy atom. The van der Waals surface area contributed by atoms with E-state index >= 15 is 0 Å². The van der Waals surface area contributed by atoms with Crippen LogP contribution in [0.3, 0.4) is 0 Å². The molecule has 0 radical (unpaired) electrons. The summed E-state index contributed by atoms with van der Waals surface area (Å²) in [4.78, 5) is 11.1. The molecule has 1 N–H and O–H groups in total. The minimum atomic E-state index is -0.965. The fourth-order valence-corrected chi connectivity index (χ4v) is 2.16. The van der Waals surface area contributed by atoms with Crippen LogP contribution in [-0.2, 0) is 4.79 Å². The molecule has 0 aromatic heterocycles. The fraction of sp³-hybridized carbons (Fsp3) is 0.154. The van der Waals surface area contributed by atoms with E-state index in [-0.39, 0.29) is 0 Å².